The summed E-state index contributed by atoms with van der Waals surface area (Å²) in [4.78, 5) is 2.20. The van der Waals surface area contributed by atoms with Gasteiger partial charge in [0.25, 0.3) is 0 Å². The van der Waals surface area contributed by atoms with Crippen LogP contribution in [0.4, 0.5) is 0 Å². The standard InChI is InChI=1S/C16H26N2/c1-8-11-12-16(18(7)13(4)5)15(10-3)17-14(6)9-2/h9-13,17H,2-3,6,8H2,1,4-5,7H3/b12-11-,16-15-. The van der Waals surface area contributed by atoms with Gasteiger partial charge in [0.2, 0.25) is 0 Å². The molecule has 0 aliphatic heterocycles. The summed E-state index contributed by atoms with van der Waals surface area (Å²) in [5, 5.41) is 3.22. The van der Waals surface area contributed by atoms with Gasteiger partial charge < -0.3 is 10.2 Å². The molecule has 0 bridgehead atoms. The summed E-state index contributed by atoms with van der Waals surface area (Å²) in [6.45, 7) is 17.9. The Bertz CT molecular complexity index is 359. The maximum atomic E-state index is 3.87. The van der Waals surface area contributed by atoms with E-state index < -0.39 is 0 Å². The van der Waals surface area contributed by atoms with Crippen LogP contribution in [0.1, 0.15) is 27.2 Å². The largest absolute Gasteiger partial charge is 0.371 e. The Hall–Kier alpha value is -1.70. The van der Waals surface area contributed by atoms with Gasteiger partial charge in [-0.1, -0.05) is 32.7 Å². The van der Waals surface area contributed by atoms with E-state index in [-0.39, 0.29) is 0 Å². The van der Waals surface area contributed by atoms with Crippen LogP contribution in [-0.2, 0) is 0 Å². The van der Waals surface area contributed by atoms with Crippen molar-refractivity contribution in [2.75, 3.05) is 7.05 Å². The highest BCUT2D eigenvalue weighted by Gasteiger charge is 2.10. The molecule has 2 heteroatoms. The van der Waals surface area contributed by atoms with E-state index in [0.717, 1.165) is 23.5 Å². The van der Waals surface area contributed by atoms with Crippen molar-refractivity contribution >= 4 is 0 Å². The number of hydrogen-bond acceptors (Lipinski definition) is 2. The van der Waals surface area contributed by atoms with Gasteiger partial charge in [0, 0.05) is 18.8 Å². The van der Waals surface area contributed by atoms with Crippen LogP contribution in [0, 0.1) is 0 Å². The molecule has 0 aromatic heterocycles. The lowest BCUT2D eigenvalue weighted by atomic mass is 10.2. The molecule has 0 heterocycles. The first-order valence-electron chi connectivity index (χ1n) is 6.32. The van der Waals surface area contributed by atoms with Crippen LogP contribution in [0.5, 0.6) is 0 Å². The van der Waals surface area contributed by atoms with Gasteiger partial charge in [-0.15, -0.1) is 0 Å². The summed E-state index contributed by atoms with van der Waals surface area (Å²) in [5.41, 5.74) is 2.81. The molecule has 0 saturated carbocycles. The molecule has 0 rings (SSSR count). The molecule has 0 aromatic carbocycles. The first-order valence-corrected chi connectivity index (χ1v) is 6.32. The third-order valence-electron chi connectivity index (χ3n) is 2.69. The van der Waals surface area contributed by atoms with Crippen LogP contribution >= 0.6 is 0 Å². The smallest absolute Gasteiger partial charge is 0.0615 e. The first kappa shape index (κ1) is 16.3. The maximum Gasteiger partial charge on any atom is 0.0615 e. The number of nitrogens with one attached hydrogen (secondary N) is 1. The van der Waals surface area contributed by atoms with E-state index in [2.05, 4.69) is 69.9 Å². The molecular formula is C16H26N2. The summed E-state index contributed by atoms with van der Waals surface area (Å²) in [6, 6.07) is 0.412. The van der Waals surface area contributed by atoms with Crippen molar-refractivity contribution in [3.63, 3.8) is 0 Å². The van der Waals surface area contributed by atoms with Crippen molar-refractivity contribution in [2.24, 2.45) is 0 Å². The second-order valence-electron chi connectivity index (χ2n) is 4.37. The summed E-state index contributed by atoms with van der Waals surface area (Å²) < 4.78 is 0. The predicted molar refractivity (Wildman–Crippen MR) is 82.0 cm³/mol. The molecule has 0 aromatic rings. The maximum absolute atomic E-state index is 3.87. The van der Waals surface area contributed by atoms with Gasteiger partial charge in [0.1, 0.15) is 0 Å². The van der Waals surface area contributed by atoms with Crippen LogP contribution in [0.25, 0.3) is 0 Å². The fourth-order valence-corrected chi connectivity index (χ4v) is 1.35. The number of allylic oxidation sites excluding steroid dienone is 4. The molecule has 0 aliphatic rings. The summed E-state index contributed by atoms with van der Waals surface area (Å²) >= 11 is 0. The SMILES string of the molecule is C=CC(=C)N/C(C=C)=C(/C=C\CC)N(C)C(C)C. The topological polar surface area (TPSA) is 15.3 Å². The van der Waals surface area contributed by atoms with Crippen LogP contribution in [0.15, 0.2) is 61.1 Å². The first-order chi connectivity index (χ1) is 8.47. The van der Waals surface area contributed by atoms with Crippen molar-refractivity contribution in [2.45, 2.75) is 33.2 Å². The second kappa shape index (κ2) is 8.40. The average molecular weight is 246 g/mol. The van der Waals surface area contributed by atoms with E-state index in [1.807, 2.05) is 6.08 Å². The van der Waals surface area contributed by atoms with E-state index >= 15 is 0 Å². The van der Waals surface area contributed by atoms with Crippen LogP contribution < -0.4 is 5.32 Å². The Kier molecular flexibility index (Phi) is 7.61. The third kappa shape index (κ3) is 5.09. The molecule has 2 nitrogen and oxygen atoms in total. The van der Waals surface area contributed by atoms with Crippen LogP contribution in [0.3, 0.4) is 0 Å². The van der Waals surface area contributed by atoms with E-state index in [0.29, 0.717) is 6.04 Å². The van der Waals surface area contributed by atoms with Gasteiger partial charge in [0.15, 0.2) is 0 Å². The monoisotopic (exact) mass is 246 g/mol. The van der Waals surface area contributed by atoms with E-state index in [1.54, 1.807) is 6.08 Å². The zero-order chi connectivity index (χ0) is 14.1. The molecule has 0 saturated heterocycles. The number of nitrogens with zero attached hydrogens (tertiary/aromatic N) is 1. The van der Waals surface area contributed by atoms with Crippen molar-refractivity contribution in [1.82, 2.24) is 10.2 Å². The molecular weight excluding hydrogens is 220 g/mol. The number of likely N-dealkylation sites (N-methyl/N-ethyl adjacent to an activating group) is 1. The lowest BCUT2D eigenvalue weighted by Crippen LogP contribution is -2.28. The van der Waals surface area contributed by atoms with Crippen LogP contribution in [-0.4, -0.2) is 18.0 Å². The Morgan fingerprint density at radius 1 is 1.28 bits per heavy atom. The Morgan fingerprint density at radius 3 is 2.28 bits per heavy atom. The minimum atomic E-state index is 0.412. The molecule has 0 spiro atoms. The van der Waals surface area contributed by atoms with Gasteiger partial charge in [0.05, 0.1) is 11.4 Å². The summed E-state index contributed by atoms with van der Waals surface area (Å²) in [5.74, 6) is 0. The van der Waals surface area contributed by atoms with Gasteiger partial charge in [-0.2, -0.15) is 0 Å². The highest BCUT2D eigenvalue weighted by atomic mass is 15.1. The Balaban J connectivity index is 5.42. The summed E-state index contributed by atoms with van der Waals surface area (Å²) in [6.07, 6.45) is 8.75. The lowest BCUT2D eigenvalue weighted by Gasteiger charge is -2.27. The summed E-state index contributed by atoms with van der Waals surface area (Å²) in [7, 11) is 2.07. The number of rotatable bonds is 8. The second-order valence-corrected chi connectivity index (χ2v) is 4.37. The molecule has 0 atom stereocenters. The zero-order valence-electron chi connectivity index (χ0n) is 12.2. The van der Waals surface area contributed by atoms with E-state index in [9.17, 15) is 0 Å². The fourth-order valence-electron chi connectivity index (χ4n) is 1.35. The Labute approximate surface area is 112 Å². The third-order valence-corrected chi connectivity index (χ3v) is 2.69. The van der Waals surface area contributed by atoms with Gasteiger partial charge in [-0.05, 0) is 38.5 Å². The Morgan fingerprint density at radius 2 is 1.89 bits per heavy atom. The molecule has 18 heavy (non-hydrogen) atoms. The van der Waals surface area contributed by atoms with Crippen LogP contribution in [0.2, 0.25) is 0 Å². The van der Waals surface area contributed by atoms with Crippen molar-refractivity contribution < 1.29 is 0 Å². The molecule has 0 unspecified atom stereocenters. The van der Waals surface area contributed by atoms with Crippen molar-refractivity contribution in [3.8, 4) is 0 Å². The normalized spacial score (nSPS) is 12.3. The molecule has 0 amide bonds. The van der Waals surface area contributed by atoms with Crippen molar-refractivity contribution in [1.29, 1.82) is 0 Å². The molecule has 100 valence electrons. The average Bonchev–Trinajstić information content (AvgIpc) is 2.36. The van der Waals surface area contributed by atoms with E-state index in [1.165, 1.54) is 0 Å². The lowest BCUT2D eigenvalue weighted by molar-refractivity contribution is 0.350. The van der Waals surface area contributed by atoms with Gasteiger partial charge in [-0.3, -0.25) is 0 Å². The van der Waals surface area contributed by atoms with Crippen molar-refractivity contribution in [3.05, 3.63) is 61.1 Å². The molecule has 0 fully saturated rings. The minimum Gasteiger partial charge on any atom is -0.371 e. The molecule has 0 aliphatic carbocycles. The van der Waals surface area contributed by atoms with E-state index in [4.69, 9.17) is 0 Å². The highest BCUT2D eigenvalue weighted by Crippen LogP contribution is 2.14. The van der Waals surface area contributed by atoms with Gasteiger partial charge in [-0.25, -0.2) is 0 Å². The predicted octanol–water partition coefficient (Wildman–Crippen LogP) is 3.98. The zero-order valence-corrected chi connectivity index (χ0v) is 12.2. The highest BCUT2D eigenvalue weighted by molar-refractivity contribution is 5.34. The molecule has 0 radical (unpaired) electrons. The molecule has 1 N–H and O–H groups in total. The fraction of sp³-hybridized carbons (Fsp3) is 0.375. The number of hydrogen-bond donors (Lipinski definition) is 1. The van der Waals surface area contributed by atoms with Gasteiger partial charge >= 0.3 is 0 Å². The quantitative estimate of drug-likeness (QED) is 0.652. The minimum absolute atomic E-state index is 0.412.